The number of carbonyl (C=O) groups is 1. The summed E-state index contributed by atoms with van der Waals surface area (Å²) in [6.07, 6.45) is 1.82. The molecule has 3 rings (SSSR count). The molecule has 1 aromatic heterocycles. The van der Waals surface area contributed by atoms with E-state index in [1.54, 1.807) is 0 Å². The van der Waals surface area contributed by atoms with Gasteiger partial charge in [0.05, 0.1) is 11.1 Å². The van der Waals surface area contributed by atoms with Crippen molar-refractivity contribution in [3.05, 3.63) is 40.1 Å². The van der Waals surface area contributed by atoms with Crippen molar-refractivity contribution in [2.24, 2.45) is 0 Å². The third-order valence-electron chi connectivity index (χ3n) is 4.07. The van der Waals surface area contributed by atoms with Crippen LogP contribution in [0.1, 0.15) is 52.0 Å². The zero-order valence-electron chi connectivity index (χ0n) is 11.4. The number of fused-ring (bicyclic) bond motifs is 2. The zero-order chi connectivity index (χ0) is 13.7. The summed E-state index contributed by atoms with van der Waals surface area (Å²) in [5.74, 6) is -0.471. The van der Waals surface area contributed by atoms with Gasteiger partial charge in [-0.15, -0.1) is 0 Å². The molecule has 1 unspecified atom stereocenters. The van der Waals surface area contributed by atoms with Gasteiger partial charge in [0.1, 0.15) is 0 Å². The second kappa shape index (κ2) is 4.05. The molecule has 1 aromatic carbocycles. The molecule has 98 valence electrons. The van der Waals surface area contributed by atoms with Crippen molar-refractivity contribution in [3.8, 4) is 0 Å². The maximum Gasteiger partial charge on any atom is 0.336 e. The number of aryl methyl sites for hydroxylation is 2. The molecular weight excluding hydrogens is 238 g/mol. The highest BCUT2D eigenvalue weighted by molar-refractivity contribution is 6.05. The lowest BCUT2D eigenvalue weighted by Crippen LogP contribution is -2.07. The fraction of sp³-hybridized carbons (Fsp3) is 0.375. The topological polar surface area (TPSA) is 50.2 Å². The van der Waals surface area contributed by atoms with Gasteiger partial charge < -0.3 is 5.11 Å². The number of carboxylic acids is 1. The Balaban J connectivity index is 2.49. The van der Waals surface area contributed by atoms with Crippen molar-refractivity contribution in [1.82, 2.24) is 4.98 Å². The number of hydrogen-bond donors (Lipinski definition) is 1. The number of carboxylic acid groups (broad SMARTS) is 1. The standard InChI is InChI=1S/C16H17NO2/c1-8-6-10(3)15-12(7-8)13(16(18)19)11-5-4-9(2)14(11)17-15/h6-7,9H,4-5H2,1-3H3,(H,18,19). The Labute approximate surface area is 112 Å². The normalized spacial score (nSPS) is 17.7. The minimum absolute atomic E-state index is 0.359. The third kappa shape index (κ3) is 1.72. The first kappa shape index (κ1) is 12.2. The van der Waals surface area contributed by atoms with E-state index in [1.165, 1.54) is 0 Å². The maximum absolute atomic E-state index is 11.7. The maximum atomic E-state index is 11.7. The summed E-state index contributed by atoms with van der Waals surface area (Å²) in [7, 11) is 0. The number of aromatic nitrogens is 1. The molecule has 19 heavy (non-hydrogen) atoms. The lowest BCUT2D eigenvalue weighted by atomic mass is 9.97. The summed E-state index contributed by atoms with van der Waals surface area (Å²) >= 11 is 0. The lowest BCUT2D eigenvalue weighted by Gasteiger charge is -2.13. The Morgan fingerprint density at radius 1 is 1.37 bits per heavy atom. The molecule has 1 atom stereocenters. The molecule has 2 aromatic rings. The van der Waals surface area contributed by atoms with E-state index in [4.69, 9.17) is 4.98 Å². The third-order valence-corrected chi connectivity index (χ3v) is 4.07. The van der Waals surface area contributed by atoms with Crippen molar-refractivity contribution >= 4 is 16.9 Å². The van der Waals surface area contributed by atoms with Gasteiger partial charge in [0.25, 0.3) is 0 Å². The molecule has 0 bridgehead atoms. The van der Waals surface area contributed by atoms with Gasteiger partial charge in [-0.05, 0) is 49.8 Å². The number of hydrogen-bond acceptors (Lipinski definition) is 2. The van der Waals surface area contributed by atoms with Crippen LogP contribution in [0.15, 0.2) is 12.1 Å². The quantitative estimate of drug-likeness (QED) is 0.847. The molecule has 3 nitrogen and oxygen atoms in total. The van der Waals surface area contributed by atoms with Crippen LogP contribution in [0.3, 0.4) is 0 Å². The molecule has 3 heteroatoms. The number of nitrogens with zero attached hydrogens (tertiary/aromatic N) is 1. The molecule has 0 amide bonds. The SMILES string of the molecule is Cc1cc(C)c2nc3c(c(C(=O)O)c2c1)CCC3C. The lowest BCUT2D eigenvalue weighted by molar-refractivity contribution is 0.0698. The fourth-order valence-electron chi connectivity index (χ4n) is 3.18. The van der Waals surface area contributed by atoms with Crippen LogP contribution >= 0.6 is 0 Å². The first-order chi connectivity index (χ1) is 8.99. The average Bonchev–Trinajstić information content (AvgIpc) is 2.68. The number of rotatable bonds is 1. The second-order valence-electron chi connectivity index (χ2n) is 5.57. The summed E-state index contributed by atoms with van der Waals surface area (Å²) in [4.78, 5) is 16.4. The van der Waals surface area contributed by atoms with Crippen LogP contribution in [0.25, 0.3) is 10.9 Å². The van der Waals surface area contributed by atoms with Crippen LogP contribution in [0.4, 0.5) is 0 Å². The highest BCUT2D eigenvalue weighted by atomic mass is 16.4. The molecule has 0 saturated heterocycles. The number of pyridine rings is 1. The van der Waals surface area contributed by atoms with Gasteiger partial charge in [0.15, 0.2) is 0 Å². The largest absolute Gasteiger partial charge is 0.478 e. The molecule has 1 aliphatic rings. The number of aromatic carboxylic acids is 1. The van der Waals surface area contributed by atoms with E-state index >= 15 is 0 Å². The van der Waals surface area contributed by atoms with E-state index in [9.17, 15) is 9.90 Å². The van der Waals surface area contributed by atoms with E-state index in [2.05, 4.69) is 13.0 Å². The van der Waals surface area contributed by atoms with Crippen molar-refractivity contribution in [3.63, 3.8) is 0 Å². The minimum atomic E-state index is -0.831. The van der Waals surface area contributed by atoms with Crippen molar-refractivity contribution < 1.29 is 9.90 Å². The fourth-order valence-corrected chi connectivity index (χ4v) is 3.18. The summed E-state index contributed by atoms with van der Waals surface area (Å²) < 4.78 is 0. The summed E-state index contributed by atoms with van der Waals surface area (Å²) in [5.41, 5.74) is 5.38. The molecule has 0 saturated carbocycles. The molecule has 1 N–H and O–H groups in total. The molecule has 1 aliphatic carbocycles. The highest BCUT2D eigenvalue weighted by Crippen LogP contribution is 2.37. The highest BCUT2D eigenvalue weighted by Gasteiger charge is 2.28. The predicted octanol–water partition coefficient (Wildman–Crippen LogP) is 3.60. The first-order valence-electron chi connectivity index (χ1n) is 6.66. The van der Waals surface area contributed by atoms with Crippen LogP contribution in [0.5, 0.6) is 0 Å². The number of benzene rings is 1. The molecule has 0 aliphatic heterocycles. The first-order valence-corrected chi connectivity index (χ1v) is 6.66. The summed E-state index contributed by atoms with van der Waals surface area (Å²) in [6, 6.07) is 4.01. The average molecular weight is 255 g/mol. The molecule has 0 fully saturated rings. The van der Waals surface area contributed by atoms with Gasteiger partial charge in [-0.1, -0.05) is 18.6 Å². The van der Waals surface area contributed by atoms with Crippen LogP contribution in [-0.4, -0.2) is 16.1 Å². The van der Waals surface area contributed by atoms with E-state index in [1.807, 2.05) is 19.9 Å². The van der Waals surface area contributed by atoms with Crippen molar-refractivity contribution in [2.75, 3.05) is 0 Å². The predicted molar refractivity (Wildman–Crippen MR) is 74.9 cm³/mol. The van der Waals surface area contributed by atoms with Gasteiger partial charge in [-0.2, -0.15) is 0 Å². The Bertz CT molecular complexity index is 704. The van der Waals surface area contributed by atoms with Crippen LogP contribution in [0.2, 0.25) is 0 Å². The van der Waals surface area contributed by atoms with Crippen LogP contribution in [-0.2, 0) is 6.42 Å². The Morgan fingerprint density at radius 3 is 2.79 bits per heavy atom. The van der Waals surface area contributed by atoms with Crippen molar-refractivity contribution in [2.45, 2.75) is 39.5 Å². The molecule has 0 spiro atoms. The smallest absolute Gasteiger partial charge is 0.336 e. The zero-order valence-corrected chi connectivity index (χ0v) is 11.4. The Morgan fingerprint density at radius 2 is 2.11 bits per heavy atom. The van der Waals surface area contributed by atoms with Crippen LogP contribution in [0, 0.1) is 13.8 Å². The van der Waals surface area contributed by atoms with Crippen LogP contribution < -0.4 is 0 Å². The van der Waals surface area contributed by atoms with E-state index < -0.39 is 5.97 Å². The van der Waals surface area contributed by atoms with Gasteiger partial charge in [-0.25, -0.2) is 4.79 Å². The Kier molecular flexibility index (Phi) is 2.59. The Hall–Kier alpha value is -1.90. The second-order valence-corrected chi connectivity index (χ2v) is 5.57. The molecule has 1 heterocycles. The van der Waals surface area contributed by atoms with Gasteiger partial charge >= 0.3 is 5.97 Å². The molecule has 0 radical (unpaired) electrons. The van der Waals surface area contributed by atoms with E-state index in [0.717, 1.165) is 46.1 Å². The molecular formula is C16H17NO2. The van der Waals surface area contributed by atoms with Gasteiger partial charge in [-0.3, -0.25) is 4.98 Å². The monoisotopic (exact) mass is 255 g/mol. The van der Waals surface area contributed by atoms with Gasteiger partial charge in [0.2, 0.25) is 0 Å². The summed E-state index contributed by atoms with van der Waals surface area (Å²) in [6.45, 7) is 6.12. The van der Waals surface area contributed by atoms with E-state index in [-0.39, 0.29) is 0 Å². The van der Waals surface area contributed by atoms with E-state index in [0.29, 0.717) is 11.5 Å². The summed E-state index contributed by atoms with van der Waals surface area (Å²) in [5, 5.41) is 10.4. The van der Waals surface area contributed by atoms with Gasteiger partial charge in [0, 0.05) is 11.1 Å². The minimum Gasteiger partial charge on any atom is -0.478 e. The van der Waals surface area contributed by atoms with Crippen molar-refractivity contribution in [1.29, 1.82) is 0 Å².